The van der Waals surface area contributed by atoms with Crippen LogP contribution in [-0.2, 0) is 9.53 Å². The predicted octanol–water partition coefficient (Wildman–Crippen LogP) is 2.33. The molecule has 0 bridgehead atoms. The maximum Gasteiger partial charge on any atom is 0.327 e. The molecule has 2 rings (SSSR count). The van der Waals surface area contributed by atoms with Crippen molar-refractivity contribution >= 4 is 5.97 Å². The van der Waals surface area contributed by atoms with E-state index in [1.807, 2.05) is 13.8 Å². The number of nitrogens with one attached hydrogen (secondary N) is 1. The van der Waals surface area contributed by atoms with E-state index in [4.69, 9.17) is 4.74 Å². The number of rotatable bonds is 6. The summed E-state index contributed by atoms with van der Waals surface area (Å²) in [6.07, 6.45) is 8.89. The summed E-state index contributed by atoms with van der Waals surface area (Å²) in [5.41, 5.74) is -0.545. The fourth-order valence-corrected chi connectivity index (χ4v) is 3.06. The van der Waals surface area contributed by atoms with E-state index in [0.29, 0.717) is 12.6 Å². The number of carbonyl (C=O) groups excluding carboxylic acids is 1. The highest BCUT2D eigenvalue weighted by Gasteiger charge is 2.40. The Morgan fingerprint density at radius 1 is 1.20 bits per heavy atom. The molecule has 4 heteroatoms. The molecule has 116 valence electrons. The molecule has 1 heterocycles. The summed E-state index contributed by atoms with van der Waals surface area (Å²) < 4.78 is 5.31. The lowest BCUT2D eigenvalue weighted by molar-refractivity contribution is -0.151. The van der Waals surface area contributed by atoms with Crippen LogP contribution in [0.5, 0.6) is 0 Å². The van der Waals surface area contributed by atoms with Crippen molar-refractivity contribution in [1.29, 1.82) is 0 Å². The Kier molecular flexibility index (Phi) is 5.85. The molecule has 0 aromatic rings. The Labute approximate surface area is 123 Å². The second-order valence-corrected chi connectivity index (χ2v) is 6.52. The third kappa shape index (κ3) is 4.74. The number of hydrogen-bond donors (Lipinski definition) is 1. The second kappa shape index (κ2) is 7.41. The average molecular weight is 282 g/mol. The first-order chi connectivity index (χ1) is 9.64. The topological polar surface area (TPSA) is 41.6 Å². The van der Waals surface area contributed by atoms with E-state index in [2.05, 4.69) is 10.2 Å². The van der Waals surface area contributed by atoms with Crippen LogP contribution < -0.4 is 5.32 Å². The lowest BCUT2D eigenvalue weighted by atomic mass is 9.99. The zero-order valence-corrected chi connectivity index (χ0v) is 13.1. The van der Waals surface area contributed by atoms with Crippen molar-refractivity contribution in [3.63, 3.8) is 0 Å². The van der Waals surface area contributed by atoms with Crippen molar-refractivity contribution in [3.05, 3.63) is 0 Å². The molecular formula is C16H30N2O2. The molecule has 0 amide bonds. The third-order valence-electron chi connectivity index (χ3n) is 4.31. The van der Waals surface area contributed by atoms with Gasteiger partial charge in [0.1, 0.15) is 5.54 Å². The van der Waals surface area contributed by atoms with Crippen LogP contribution in [-0.4, -0.2) is 48.7 Å². The molecule has 1 N–H and O–H groups in total. The fraction of sp³-hybridized carbons (Fsp3) is 0.938. The monoisotopic (exact) mass is 282 g/mol. The van der Waals surface area contributed by atoms with Crippen molar-refractivity contribution in [3.8, 4) is 0 Å². The molecule has 0 radical (unpaired) electrons. The predicted molar refractivity (Wildman–Crippen MR) is 80.7 cm³/mol. The Morgan fingerprint density at radius 2 is 1.80 bits per heavy atom. The summed E-state index contributed by atoms with van der Waals surface area (Å²) in [5.74, 6) is -0.0889. The lowest BCUT2D eigenvalue weighted by Crippen LogP contribution is -2.58. The van der Waals surface area contributed by atoms with Crippen LogP contribution >= 0.6 is 0 Å². The van der Waals surface area contributed by atoms with Gasteiger partial charge in [0.15, 0.2) is 0 Å². The Morgan fingerprint density at radius 3 is 2.35 bits per heavy atom. The highest BCUT2D eigenvalue weighted by molar-refractivity contribution is 5.80. The van der Waals surface area contributed by atoms with Gasteiger partial charge in [0.25, 0.3) is 0 Å². The van der Waals surface area contributed by atoms with E-state index < -0.39 is 5.54 Å². The van der Waals surface area contributed by atoms with Crippen LogP contribution in [0.15, 0.2) is 0 Å². The first-order valence-corrected chi connectivity index (χ1v) is 8.31. The molecule has 0 aromatic carbocycles. The number of nitrogens with zero attached hydrogens (tertiary/aromatic N) is 1. The zero-order chi connectivity index (χ0) is 14.4. The van der Waals surface area contributed by atoms with Gasteiger partial charge in [-0.25, -0.2) is 0 Å². The van der Waals surface area contributed by atoms with E-state index in [0.717, 1.165) is 19.6 Å². The summed E-state index contributed by atoms with van der Waals surface area (Å²) in [5, 5.41) is 3.52. The van der Waals surface area contributed by atoms with Gasteiger partial charge in [-0.2, -0.15) is 0 Å². The smallest absolute Gasteiger partial charge is 0.327 e. The maximum atomic E-state index is 12.3. The fourth-order valence-electron chi connectivity index (χ4n) is 3.06. The summed E-state index contributed by atoms with van der Waals surface area (Å²) in [6, 6.07) is 0.513. The minimum absolute atomic E-state index is 0.0889. The minimum Gasteiger partial charge on any atom is -0.465 e. The normalized spacial score (nSPS) is 24.5. The SMILES string of the molecule is CCOC(=O)C(C)(CN1CCCCCCC1)NC1CC1. The number of carbonyl (C=O) groups is 1. The Hall–Kier alpha value is -0.610. The largest absolute Gasteiger partial charge is 0.465 e. The molecule has 2 aliphatic rings. The van der Waals surface area contributed by atoms with Gasteiger partial charge in [-0.15, -0.1) is 0 Å². The molecular weight excluding hydrogens is 252 g/mol. The van der Waals surface area contributed by atoms with Gasteiger partial charge in [0.05, 0.1) is 6.61 Å². The lowest BCUT2D eigenvalue weighted by Gasteiger charge is -2.35. The van der Waals surface area contributed by atoms with Crippen molar-refractivity contribution in [2.75, 3.05) is 26.2 Å². The summed E-state index contributed by atoms with van der Waals surface area (Å²) in [6.45, 7) is 7.36. The molecule has 1 aliphatic carbocycles. The van der Waals surface area contributed by atoms with Gasteiger partial charge >= 0.3 is 5.97 Å². The quantitative estimate of drug-likeness (QED) is 0.759. The van der Waals surface area contributed by atoms with Gasteiger partial charge in [-0.05, 0) is 52.6 Å². The molecule has 1 saturated carbocycles. The number of esters is 1. The maximum absolute atomic E-state index is 12.3. The number of likely N-dealkylation sites (tertiary alicyclic amines) is 1. The van der Waals surface area contributed by atoms with E-state index in [1.165, 1.54) is 44.9 Å². The molecule has 4 nitrogen and oxygen atoms in total. The van der Waals surface area contributed by atoms with E-state index >= 15 is 0 Å². The molecule has 2 fully saturated rings. The van der Waals surface area contributed by atoms with Crippen LogP contribution in [0.4, 0.5) is 0 Å². The standard InChI is InChI=1S/C16H30N2O2/c1-3-20-15(19)16(2,17-14-9-10-14)13-18-11-7-5-4-6-8-12-18/h14,17H,3-13H2,1-2H3. The molecule has 1 aliphatic heterocycles. The number of ether oxygens (including phenoxy) is 1. The minimum atomic E-state index is -0.545. The van der Waals surface area contributed by atoms with E-state index in [-0.39, 0.29) is 5.97 Å². The molecule has 1 unspecified atom stereocenters. The van der Waals surface area contributed by atoms with Crippen LogP contribution in [0.3, 0.4) is 0 Å². The summed E-state index contributed by atoms with van der Waals surface area (Å²) in [4.78, 5) is 14.8. The van der Waals surface area contributed by atoms with Crippen molar-refractivity contribution in [2.45, 2.75) is 70.4 Å². The molecule has 20 heavy (non-hydrogen) atoms. The van der Waals surface area contributed by atoms with Gasteiger partial charge in [0.2, 0.25) is 0 Å². The van der Waals surface area contributed by atoms with Crippen molar-refractivity contribution in [1.82, 2.24) is 10.2 Å². The first-order valence-electron chi connectivity index (χ1n) is 8.31. The van der Waals surface area contributed by atoms with Gasteiger partial charge in [-0.1, -0.05) is 19.3 Å². The third-order valence-corrected chi connectivity index (χ3v) is 4.31. The van der Waals surface area contributed by atoms with E-state index in [1.54, 1.807) is 0 Å². The van der Waals surface area contributed by atoms with Gasteiger partial charge < -0.3 is 9.64 Å². The average Bonchev–Trinajstić information content (AvgIpc) is 3.16. The number of hydrogen-bond acceptors (Lipinski definition) is 4. The Bertz CT molecular complexity index is 310. The van der Waals surface area contributed by atoms with Crippen LogP contribution in [0.1, 0.15) is 58.8 Å². The molecule has 0 aromatic heterocycles. The second-order valence-electron chi connectivity index (χ2n) is 6.52. The molecule has 0 spiro atoms. The van der Waals surface area contributed by atoms with Crippen molar-refractivity contribution in [2.24, 2.45) is 0 Å². The van der Waals surface area contributed by atoms with Crippen molar-refractivity contribution < 1.29 is 9.53 Å². The van der Waals surface area contributed by atoms with Gasteiger partial charge in [0, 0.05) is 12.6 Å². The van der Waals surface area contributed by atoms with Crippen LogP contribution in [0.2, 0.25) is 0 Å². The summed E-state index contributed by atoms with van der Waals surface area (Å²) >= 11 is 0. The molecule has 1 atom stereocenters. The zero-order valence-electron chi connectivity index (χ0n) is 13.1. The van der Waals surface area contributed by atoms with Gasteiger partial charge in [-0.3, -0.25) is 10.1 Å². The van der Waals surface area contributed by atoms with E-state index in [9.17, 15) is 4.79 Å². The highest BCUT2D eigenvalue weighted by atomic mass is 16.5. The highest BCUT2D eigenvalue weighted by Crippen LogP contribution is 2.24. The molecule has 1 saturated heterocycles. The first kappa shape index (κ1) is 15.8. The van der Waals surface area contributed by atoms with Crippen LogP contribution in [0, 0.1) is 0 Å². The Balaban J connectivity index is 1.95. The summed E-state index contributed by atoms with van der Waals surface area (Å²) in [7, 11) is 0. The van der Waals surface area contributed by atoms with Crippen LogP contribution in [0.25, 0.3) is 0 Å².